The molecular formula is C32H27NO7. The van der Waals surface area contributed by atoms with Gasteiger partial charge < -0.3 is 29.0 Å². The molecule has 2 atom stereocenters. The molecule has 2 heterocycles. The molecule has 0 saturated carbocycles. The summed E-state index contributed by atoms with van der Waals surface area (Å²) in [5.74, 6) is 1.06. The molecule has 0 spiro atoms. The Morgan fingerprint density at radius 2 is 1.48 bits per heavy atom. The number of hydrogen-bond donors (Lipinski definition) is 1. The lowest BCUT2D eigenvalue weighted by Gasteiger charge is -2.43. The fraction of sp³-hybridized carbons (Fsp3) is 0.188. The molecule has 8 heteroatoms. The number of hydrogen-bond acceptors (Lipinski definition) is 7. The third-order valence-corrected chi connectivity index (χ3v) is 7.34. The van der Waals surface area contributed by atoms with Crippen molar-refractivity contribution < 1.29 is 33.3 Å². The SMILES string of the molecule is COc1ccc(C(=O)N[C@@]2(Cc3ccccc3)C(=O)Oc3cc4c(cc3[C@H]2c2ccc(OC)cc2)OCO4)cc1. The minimum absolute atomic E-state index is 0.0722. The number of amides is 1. The van der Waals surface area contributed by atoms with Crippen LogP contribution in [-0.2, 0) is 11.2 Å². The van der Waals surface area contributed by atoms with Crippen molar-refractivity contribution in [1.29, 1.82) is 0 Å². The quantitative estimate of drug-likeness (QED) is 0.265. The van der Waals surface area contributed by atoms with E-state index in [2.05, 4.69) is 5.32 Å². The molecule has 0 saturated heterocycles. The fourth-order valence-electron chi connectivity index (χ4n) is 5.36. The Balaban J connectivity index is 1.54. The minimum Gasteiger partial charge on any atom is -0.497 e. The van der Waals surface area contributed by atoms with Gasteiger partial charge in [0.15, 0.2) is 17.0 Å². The molecule has 0 bridgehead atoms. The summed E-state index contributed by atoms with van der Waals surface area (Å²) in [5.41, 5.74) is 1.22. The normalized spacial score (nSPS) is 18.9. The van der Waals surface area contributed by atoms with Crippen LogP contribution in [0, 0.1) is 0 Å². The van der Waals surface area contributed by atoms with E-state index in [9.17, 15) is 9.59 Å². The van der Waals surface area contributed by atoms with E-state index in [0.29, 0.717) is 39.9 Å². The van der Waals surface area contributed by atoms with Crippen LogP contribution in [0.25, 0.3) is 0 Å². The fourth-order valence-corrected chi connectivity index (χ4v) is 5.36. The van der Waals surface area contributed by atoms with E-state index >= 15 is 0 Å². The Labute approximate surface area is 231 Å². The molecule has 1 N–H and O–H groups in total. The molecule has 4 aromatic rings. The zero-order chi connectivity index (χ0) is 27.7. The van der Waals surface area contributed by atoms with Gasteiger partial charge in [-0.3, -0.25) is 4.79 Å². The van der Waals surface area contributed by atoms with Gasteiger partial charge in [0, 0.05) is 29.5 Å². The van der Waals surface area contributed by atoms with Crippen molar-refractivity contribution in [2.45, 2.75) is 17.9 Å². The van der Waals surface area contributed by atoms with Gasteiger partial charge in [-0.1, -0.05) is 42.5 Å². The zero-order valence-corrected chi connectivity index (χ0v) is 22.0. The lowest BCUT2D eigenvalue weighted by Crippen LogP contribution is -2.63. The summed E-state index contributed by atoms with van der Waals surface area (Å²) in [6, 6.07) is 27.2. The van der Waals surface area contributed by atoms with Crippen LogP contribution < -0.4 is 29.0 Å². The molecule has 0 aromatic heterocycles. The van der Waals surface area contributed by atoms with Gasteiger partial charge in [-0.2, -0.15) is 0 Å². The summed E-state index contributed by atoms with van der Waals surface area (Å²) >= 11 is 0. The van der Waals surface area contributed by atoms with Crippen LogP contribution in [0.5, 0.6) is 28.7 Å². The molecule has 2 aliphatic heterocycles. The molecule has 0 radical (unpaired) electrons. The standard InChI is InChI=1S/C32H27NO7/c1-36-23-12-8-21(9-13-23)29-25-16-27-28(39-19-38-27)17-26(25)40-31(35)32(29,18-20-6-4-3-5-7-20)33-30(34)22-10-14-24(37-2)15-11-22/h3-17,29H,18-19H2,1-2H3,(H,33,34)/t29-,32-/m1/s1. The maximum absolute atomic E-state index is 14.2. The third kappa shape index (κ3) is 4.47. The van der Waals surface area contributed by atoms with Gasteiger partial charge in [0.05, 0.1) is 14.2 Å². The van der Waals surface area contributed by atoms with Crippen molar-refractivity contribution in [2.75, 3.05) is 21.0 Å². The van der Waals surface area contributed by atoms with Crippen molar-refractivity contribution in [3.05, 3.63) is 113 Å². The highest BCUT2D eigenvalue weighted by molar-refractivity contribution is 6.00. The number of methoxy groups -OCH3 is 2. The van der Waals surface area contributed by atoms with Crippen LogP contribution in [0.1, 0.15) is 33.0 Å². The lowest BCUT2D eigenvalue weighted by atomic mass is 9.69. The number of ether oxygens (including phenoxy) is 5. The van der Waals surface area contributed by atoms with Crippen molar-refractivity contribution in [1.82, 2.24) is 5.32 Å². The first-order valence-electron chi connectivity index (χ1n) is 12.8. The zero-order valence-electron chi connectivity index (χ0n) is 22.0. The summed E-state index contributed by atoms with van der Waals surface area (Å²) in [7, 11) is 3.15. The second-order valence-electron chi connectivity index (χ2n) is 9.66. The average Bonchev–Trinajstić information content (AvgIpc) is 3.45. The molecule has 1 amide bonds. The summed E-state index contributed by atoms with van der Waals surface area (Å²) in [6.45, 7) is 0.0722. The minimum atomic E-state index is -1.51. The Bertz CT molecular complexity index is 1550. The smallest absolute Gasteiger partial charge is 0.338 e. The summed E-state index contributed by atoms with van der Waals surface area (Å²) < 4.78 is 27.9. The maximum atomic E-state index is 14.2. The molecule has 202 valence electrons. The summed E-state index contributed by atoms with van der Waals surface area (Å²) in [6.07, 6.45) is 0.180. The second-order valence-corrected chi connectivity index (χ2v) is 9.66. The summed E-state index contributed by atoms with van der Waals surface area (Å²) in [4.78, 5) is 28.0. The highest BCUT2D eigenvalue weighted by Gasteiger charge is 2.54. The van der Waals surface area contributed by atoms with Crippen LogP contribution >= 0.6 is 0 Å². The van der Waals surface area contributed by atoms with Gasteiger partial charge >= 0.3 is 5.97 Å². The number of rotatable bonds is 7. The van der Waals surface area contributed by atoms with Crippen LogP contribution in [0.15, 0.2) is 91.0 Å². The van der Waals surface area contributed by atoms with E-state index in [-0.39, 0.29) is 13.2 Å². The van der Waals surface area contributed by atoms with Crippen molar-refractivity contribution in [3.8, 4) is 28.7 Å². The van der Waals surface area contributed by atoms with Gasteiger partial charge in [0.1, 0.15) is 17.2 Å². The molecule has 8 nitrogen and oxygen atoms in total. The molecule has 0 fully saturated rings. The van der Waals surface area contributed by atoms with Crippen molar-refractivity contribution in [3.63, 3.8) is 0 Å². The molecule has 4 aromatic carbocycles. The number of carbonyl (C=O) groups excluding carboxylic acids is 2. The molecule has 6 rings (SSSR count). The van der Waals surface area contributed by atoms with Gasteiger partial charge in [-0.15, -0.1) is 0 Å². The first-order valence-corrected chi connectivity index (χ1v) is 12.8. The van der Waals surface area contributed by atoms with Crippen molar-refractivity contribution in [2.24, 2.45) is 0 Å². The Morgan fingerprint density at radius 3 is 2.12 bits per heavy atom. The van der Waals surface area contributed by atoms with E-state index in [1.54, 1.807) is 44.6 Å². The number of fused-ring (bicyclic) bond motifs is 2. The topological polar surface area (TPSA) is 92.3 Å². The Morgan fingerprint density at radius 1 is 0.850 bits per heavy atom. The van der Waals surface area contributed by atoms with Crippen LogP contribution in [0.3, 0.4) is 0 Å². The lowest BCUT2D eigenvalue weighted by molar-refractivity contribution is -0.144. The first kappa shape index (κ1) is 25.3. The van der Waals surface area contributed by atoms with Gasteiger partial charge in [0.25, 0.3) is 5.91 Å². The second kappa shape index (κ2) is 10.3. The largest absolute Gasteiger partial charge is 0.497 e. The number of nitrogens with one attached hydrogen (secondary N) is 1. The predicted octanol–water partition coefficient (Wildman–Crippen LogP) is 4.89. The van der Waals surface area contributed by atoms with E-state index in [1.807, 2.05) is 60.7 Å². The van der Waals surface area contributed by atoms with Gasteiger partial charge in [0.2, 0.25) is 6.79 Å². The van der Waals surface area contributed by atoms with E-state index in [0.717, 1.165) is 11.1 Å². The average molecular weight is 538 g/mol. The van der Waals surface area contributed by atoms with Crippen LogP contribution in [-0.4, -0.2) is 38.4 Å². The number of esters is 1. The molecular weight excluding hydrogens is 510 g/mol. The monoisotopic (exact) mass is 537 g/mol. The Kier molecular flexibility index (Phi) is 6.51. The summed E-state index contributed by atoms with van der Waals surface area (Å²) in [5, 5.41) is 3.11. The highest BCUT2D eigenvalue weighted by atomic mass is 16.7. The van der Waals surface area contributed by atoms with Gasteiger partial charge in [-0.25, -0.2) is 4.79 Å². The van der Waals surface area contributed by atoms with E-state index in [1.165, 1.54) is 0 Å². The van der Waals surface area contributed by atoms with Crippen LogP contribution in [0.2, 0.25) is 0 Å². The number of carbonyl (C=O) groups is 2. The van der Waals surface area contributed by atoms with Crippen LogP contribution in [0.4, 0.5) is 0 Å². The maximum Gasteiger partial charge on any atom is 0.338 e. The number of benzene rings is 4. The van der Waals surface area contributed by atoms with E-state index in [4.69, 9.17) is 23.7 Å². The first-order chi connectivity index (χ1) is 19.5. The predicted molar refractivity (Wildman–Crippen MR) is 146 cm³/mol. The third-order valence-electron chi connectivity index (χ3n) is 7.34. The van der Waals surface area contributed by atoms with Crippen molar-refractivity contribution >= 4 is 11.9 Å². The molecule has 0 unspecified atom stereocenters. The highest BCUT2D eigenvalue weighted by Crippen LogP contribution is 2.50. The molecule has 40 heavy (non-hydrogen) atoms. The molecule has 0 aliphatic carbocycles. The van der Waals surface area contributed by atoms with E-state index < -0.39 is 23.3 Å². The molecule has 2 aliphatic rings. The van der Waals surface area contributed by atoms with Gasteiger partial charge in [-0.05, 0) is 53.6 Å². The Hall–Kier alpha value is -4.98.